The van der Waals surface area contributed by atoms with E-state index in [9.17, 15) is 9.59 Å². The highest BCUT2D eigenvalue weighted by atomic mass is 16.2. The van der Waals surface area contributed by atoms with Gasteiger partial charge >= 0.3 is 0 Å². The number of ketones is 1. The van der Waals surface area contributed by atoms with Gasteiger partial charge in [-0.2, -0.15) is 0 Å². The fourth-order valence-corrected chi connectivity index (χ4v) is 3.35. The maximum Gasteiger partial charge on any atom is 0.224 e. The molecule has 2 bridgehead atoms. The van der Waals surface area contributed by atoms with Crippen LogP contribution < -0.4 is 5.73 Å². The quantitative estimate of drug-likeness (QED) is 0.684. The van der Waals surface area contributed by atoms with Gasteiger partial charge in [-0.05, 0) is 19.3 Å². The van der Waals surface area contributed by atoms with E-state index in [4.69, 9.17) is 5.73 Å². The van der Waals surface area contributed by atoms with Crippen molar-refractivity contribution in [2.75, 3.05) is 0 Å². The van der Waals surface area contributed by atoms with Gasteiger partial charge < -0.3 is 5.73 Å². The van der Waals surface area contributed by atoms with Crippen LogP contribution in [0.15, 0.2) is 0 Å². The number of carbonyl (C=O) groups excluding carboxylic acids is 2. The third kappa shape index (κ3) is 0.983. The molecular weight excluding hydrogens is 178 g/mol. The molecule has 2 saturated carbocycles. The number of hydrogen-bond donors (Lipinski definition) is 1. The number of nitrogens with two attached hydrogens (primary N) is 1. The molecule has 0 heterocycles. The Bertz CT molecular complexity index is 312. The third-order valence-electron chi connectivity index (χ3n) is 4.22. The average molecular weight is 195 g/mol. The molecule has 0 spiro atoms. The van der Waals surface area contributed by atoms with Crippen LogP contribution in [0, 0.1) is 16.7 Å². The first-order valence-electron chi connectivity index (χ1n) is 5.24. The van der Waals surface area contributed by atoms with Gasteiger partial charge in [-0.1, -0.05) is 20.3 Å². The van der Waals surface area contributed by atoms with Crippen LogP contribution in [0.4, 0.5) is 0 Å². The molecule has 0 aliphatic heterocycles. The summed E-state index contributed by atoms with van der Waals surface area (Å²) in [6.45, 7) is 3.84. The number of primary amides is 1. The molecule has 2 aliphatic rings. The molecular formula is C11H17NO2. The molecule has 0 radical (unpaired) electrons. The Balaban J connectivity index is 2.43. The van der Waals surface area contributed by atoms with Gasteiger partial charge in [-0.25, -0.2) is 0 Å². The number of Topliss-reactive ketones (excluding diaryl/α,β-unsaturated/α-hetero) is 1. The number of carbonyl (C=O) groups is 2. The molecule has 0 aromatic heterocycles. The Morgan fingerprint density at radius 2 is 2.14 bits per heavy atom. The van der Waals surface area contributed by atoms with Crippen molar-refractivity contribution in [2.45, 2.75) is 39.5 Å². The molecule has 0 aromatic carbocycles. The molecule has 3 atom stereocenters. The van der Waals surface area contributed by atoms with E-state index >= 15 is 0 Å². The smallest absolute Gasteiger partial charge is 0.224 e. The highest BCUT2D eigenvalue weighted by Crippen LogP contribution is 2.57. The van der Waals surface area contributed by atoms with E-state index in [0.29, 0.717) is 6.42 Å². The van der Waals surface area contributed by atoms with Crippen LogP contribution in [0.2, 0.25) is 0 Å². The minimum atomic E-state index is -0.581. The van der Waals surface area contributed by atoms with Crippen LogP contribution in [-0.2, 0) is 9.59 Å². The first-order chi connectivity index (χ1) is 6.40. The van der Waals surface area contributed by atoms with E-state index in [1.54, 1.807) is 0 Å². The number of fused-ring (bicyclic) bond motifs is 2. The average Bonchev–Trinajstić information content (AvgIpc) is 2.23. The highest BCUT2D eigenvalue weighted by Gasteiger charge is 2.60. The summed E-state index contributed by atoms with van der Waals surface area (Å²) in [4.78, 5) is 23.4. The van der Waals surface area contributed by atoms with Gasteiger partial charge in [0, 0.05) is 11.3 Å². The molecule has 2 rings (SSSR count). The van der Waals surface area contributed by atoms with Gasteiger partial charge in [0.15, 0.2) is 0 Å². The van der Waals surface area contributed by atoms with Crippen LogP contribution in [0.5, 0.6) is 0 Å². The third-order valence-corrected chi connectivity index (χ3v) is 4.22. The van der Waals surface area contributed by atoms with Crippen molar-refractivity contribution in [2.24, 2.45) is 22.5 Å². The summed E-state index contributed by atoms with van der Waals surface area (Å²) in [6.07, 6.45) is 3.47. The Kier molecular flexibility index (Phi) is 1.79. The zero-order valence-corrected chi connectivity index (χ0v) is 8.80. The summed E-state index contributed by atoms with van der Waals surface area (Å²) in [5, 5.41) is 0. The predicted octanol–water partition coefficient (Wildman–Crippen LogP) is 1.26. The topological polar surface area (TPSA) is 60.2 Å². The lowest BCUT2D eigenvalue weighted by molar-refractivity contribution is -0.135. The first kappa shape index (κ1) is 9.69. The van der Waals surface area contributed by atoms with Crippen molar-refractivity contribution in [3.05, 3.63) is 0 Å². The largest absolute Gasteiger partial charge is 0.369 e. The molecule has 0 unspecified atom stereocenters. The molecule has 0 saturated heterocycles. The van der Waals surface area contributed by atoms with E-state index in [1.807, 2.05) is 13.8 Å². The van der Waals surface area contributed by atoms with Gasteiger partial charge in [0.25, 0.3) is 0 Å². The van der Waals surface area contributed by atoms with Crippen molar-refractivity contribution in [1.29, 1.82) is 0 Å². The zero-order chi connectivity index (χ0) is 10.6. The lowest BCUT2D eigenvalue weighted by Crippen LogP contribution is -2.39. The second-order valence-corrected chi connectivity index (χ2v) is 5.33. The standard InChI is InChI=1S/C11H17NO2/c1-10-5-3-4-7(8(10)13)11(2,6-10)9(12)14/h7H,3-6H2,1-2H3,(H2,12,14)/t7-,10-,11+/m0/s1. The first-order valence-corrected chi connectivity index (χ1v) is 5.24. The SMILES string of the molecule is C[C@@]12CCC[C@@H](C1=O)[C@](C)(C(N)=O)C2. The van der Waals surface area contributed by atoms with Gasteiger partial charge in [0.1, 0.15) is 5.78 Å². The molecule has 2 aliphatic carbocycles. The van der Waals surface area contributed by atoms with Gasteiger partial charge in [-0.3, -0.25) is 9.59 Å². The molecule has 3 nitrogen and oxygen atoms in total. The summed E-state index contributed by atoms with van der Waals surface area (Å²) in [5.41, 5.74) is 4.57. The Morgan fingerprint density at radius 1 is 1.50 bits per heavy atom. The van der Waals surface area contributed by atoms with E-state index in [2.05, 4.69) is 0 Å². The van der Waals surface area contributed by atoms with Crippen molar-refractivity contribution in [1.82, 2.24) is 0 Å². The Labute approximate surface area is 84.0 Å². The highest BCUT2D eigenvalue weighted by molar-refractivity contribution is 5.98. The van der Waals surface area contributed by atoms with Crippen LogP contribution in [0.1, 0.15) is 39.5 Å². The van der Waals surface area contributed by atoms with Gasteiger partial charge in [0.2, 0.25) is 5.91 Å². The fraction of sp³-hybridized carbons (Fsp3) is 0.818. The van der Waals surface area contributed by atoms with E-state index in [-0.39, 0.29) is 23.0 Å². The van der Waals surface area contributed by atoms with E-state index in [1.165, 1.54) is 0 Å². The lowest BCUT2D eigenvalue weighted by atomic mass is 9.75. The van der Waals surface area contributed by atoms with Crippen molar-refractivity contribution in [3.8, 4) is 0 Å². The van der Waals surface area contributed by atoms with Crippen LogP contribution in [0.3, 0.4) is 0 Å². The monoisotopic (exact) mass is 195 g/mol. The van der Waals surface area contributed by atoms with Crippen LogP contribution >= 0.6 is 0 Å². The summed E-state index contributed by atoms with van der Waals surface area (Å²) >= 11 is 0. The fourth-order valence-electron chi connectivity index (χ4n) is 3.35. The lowest BCUT2D eigenvalue weighted by Gasteiger charge is -2.27. The summed E-state index contributed by atoms with van der Waals surface area (Å²) in [7, 11) is 0. The number of rotatable bonds is 1. The molecule has 0 aromatic rings. The molecule has 2 N–H and O–H groups in total. The minimum absolute atomic E-state index is 0.112. The molecule has 14 heavy (non-hydrogen) atoms. The van der Waals surface area contributed by atoms with Crippen molar-refractivity contribution in [3.63, 3.8) is 0 Å². The Morgan fingerprint density at radius 3 is 2.64 bits per heavy atom. The second kappa shape index (κ2) is 2.59. The van der Waals surface area contributed by atoms with Crippen LogP contribution in [-0.4, -0.2) is 11.7 Å². The molecule has 2 fully saturated rings. The number of hydrogen-bond acceptors (Lipinski definition) is 2. The summed E-state index contributed by atoms with van der Waals surface area (Å²) < 4.78 is 0. The van der Waals surface area contributed by atoms with Gasteiger partial charge in [-0.15, -0.1) is 0 Å². The maximum atomic E-state index is 12.0. The number of amides is 1. The molecule has 78 valence electrons. The van der Waals surface area contributed by atoms with Gasteiger partial charge in [0.05, 0.1) is 5.41 Å². The van der Waals surface area contributed by atoms with Crippen LogP contribution in [0.25, 0.3) is 0 Å². The molecule has 3 heteroatoms. The van der Waals surface area contributed by atoms with E-state index < -0.39 is 5.41 Å². The van der Waals surface area contributed by atoms with Crippen molar-refractivity contribution < 1.29 is 9.59 Å². The van der Waals surface area contributed by atoms with Crippen molar-refractivity contribution >= 4 is 11.7 Å². The normalized spacial score (nSPS) is 46.7. The van der Waals surface area contributed by atoms with E-state index in [0.717, 1.165) is 19.3 Å². The summed E-state index contributed by atoms with van der Waals surface area (Å²) in [5.74, 6) is -0.148. The Hall–Kier alpha value is -0.860. The predicted molar refractivity (Wildman–Crippen MR) is 52.4 cm³/mol. The molecule has 1 amide bonds. The minimum Gasteiger partial charge on any atom is -0.369 e. The second-order valence-electron chi connectivity index (χ2n) is 5.33. The summed E-state index contributed by atoms with van der Waals surface area (Å²) in [6, 6.07) is 0. The zero-order valence-electron chi connectivity index (χ0n) is 8.80. The maximum absolute atomic E-state index is 12.0.